The minimum Gasteiger partial charge on any atom is -0.489 e. The Kier molecular flexibility index (Phi) is 9.94. The molecule has 3 aromatic rings. The number of fused-ring (bicyclic) bond motifs is 1. The highest BCUT2D eigenvalue weighted by molar-refractivity contribution is 7.80. The third-order valence-electron chi connectivity index (χ3n) is 7.64. The molecule has 48 heavy (non-hydrogen) atoms. The van der Waals surface area contributed by atoms with Crippen molar-refractivity contribution in [3.8, 4) is 5.75 Å². The van der Waals surface area contributed by atoms with Crippen molar-refractivity contribution in [2.75, 3.05) is 37.3 Å². The lowest BCUT2D eigenvalue weighted by molar-refractivity contribution is -0.656. The quantitative estimate of drug-likeness (QED) is 0.0423. The molecule has 2 aromatic heterocycles. The summed E-state index contributed by atoms with van der Waals surface area (Å²) in [5, 5.41) is 24.7. The van der Waals surface area contributed by atoms with Gasteiger partial charge in [0.25, 0.3) is 23.7 Å². The predicted octanol–water partition coefficient (Wildman–Crippen LogP) is 0.0806. The number of nitrogens with two attached hydrogens (primary N) is 1. The average molecular weight is 728 g/mol. The maximum atomic E-state index is 13.4. The number of β-lactam (4-membered cyclic amide) rings is 1. The first-order valence-corrected chi connectivity index (χ1v) is 16.8. The Hall–Kier alpha value is -4.34. The number of aryl methyl sites for hydroxylation is 1. The van der Waals surface area contributed by atoms with Crippen LogP contribution in [0.3, 0.4) is 0 Å². The van der Waals surface area contributed by atoms with Gasteiger partial charge in [0.15, 0.2) is 10.8 Å². The lowest BCUT2D eigenvalue weighted by Gasteiger charge is -2.50. The Bertz CT molecular complexity index is 1900. The summed E-state index contributed by atoms with van der Waals surface area (Å²) < 4.78 is 43.1. The molecule has 7 N–H and O–H groups in total. The Labute approximate surface area is 282 Å². The topological polar surface area (TPSA) is 248 Å². The van der Waals surface area contributed by atoms with Crippen molar-refractivity contribution in [2.24, 2.45) is 18.1 Å². The van der Waals surface area contributed by atoms with E-state index in [-0.39, 0.29) is 15.2 Å². The van der Waals surface area contributed by atoms with E-state index in [1.165, 1.54) is 13.8 Å². The summed E-state index contributed by atoms with van der Waals surface area (Å²) in [6.45, 7) is 4.90. The van der Waals surface area contributed by atoms with E-state index >= 15 is 0 Å². The third kappa shape index (κ3) is 7.53. The summed E-state index contributed by atoms with van der Waals surface area (Å²) in [6.07, 6.45) is 0.173. The van der Waals surface area contributed by atoms with E-state index in [9.17, 15) is 27.9 Å². The molecular weight excluding hydrogens is 696 g/mol. The number of pyridine rings is 1. The monoisotopic (exact) mass is 727 g/mol. The van der Waals surface area contributed by atoms with E-state index in [4.69, 9.17) is 31.5 Å². The highest BCUT2D eigenvalue weighted by Gasteiger charge is 2.58. The number of aliphatic carboxylic acids is 1. The number of benzene rings is 1. The average Bonchev–Trinajstić information content (AvgIpc) is 3.32. The maximum Gasteiger partial charge on any atom is 0.418 e. The predicted molar refractivity (Wildman–Crippen MR) is 172 cm³/mol. The summed E-state index contributed by atoms with van der Waals surface area (Å²) in [7, 11) is -3.11. The van der Waals surface area contributed by atoms with Gasteiger partial charge in [-0.25, -0.2) is 14.3 Å². The number of hydrogen-bond acceptors (Lipinski definition) is 14. The number of hydroxylamine groups is 2. The van der Waals surface area contributed by atoms with Crippen molar-refractivity contribution in [1.29, 1.82) is 0 Å². The number of aromatic nitrogens is 2. The second-order valence-corrected chi connectivity index (χ2v) is 14.1. The zero-order valence-corrected chi connectivity index (χ0v) is 28.1. The SMILES string of the molecule is C[n+]1ccc2cc(OC[C@H](O/N=C(\C(=O)N[C@@H]3C(=O)N(OS(=O)(=O)O)C3(C)C)c3nc(N)sc3Cl)C(=O)O)ccc2c1NCC1CNC1. The Balaban J connectivity index is 1.31. The van der Waals surface area contributed by atoms with E-state index in [1.54, 1.807) is 12.1 Å². The number of ether oxygens (including phenoxy) is 1. The van der Waals surface area contributed by atoms with E-state index in [2.05, 4.69) is 30.4 Å². The van der Waals surface area contributed by atoms with Gasteiger partial charge in [-0.2, -0.15) is 13.5 Å². The first-order valence-electron chi connectivity index (χ1n) is 14.3. The molecule has 0 aliphatic carbocycles. The van der Waals surface area contributed by atoms with Crippen LogP contribution in [0.4, 0.5) is 10.9 Å². The van der Waals surface area contributed by atoms with Gasteiger partial charge in [-0.05, 0) is 43.5 Å². The zero-order chi connectivity index (χ0) is 35.0. The molecule has 0 bridgehead atoms. The van der Waals surface area contributed by atoms with Gasteiger partial charge in [0.2, 0.25) is 0 Å². The van der Waals surface area contributed by atoms with Gasteiger partial charge in [-0.15, -0.1) is 4.28 Å². The van der Waals surface area contributed by atoms with Crippen molar-refractivity contribution < 1.29 is 50.9 Å². The highest BCUT2D eigenvalue weighted by atomic mass is 35.5. The van der Waals surface area contributed by atoms with Gasteiger partial charge < -0.3 is 31.0 Å². The minimum atomic E-state index is -5.04. The van der Waals surface area contributed by atoms with Gasteiger partial charge in [0.1, 0.15) is 28.4 Å². The largest absolute Gasteiger partial charge is 0.489 e. The molecule has 0 saturated carbocycles. The zero-order valence-electron chi connectivity index (χ0n) is 25.7. The molecule has 0 spiro atoms. The second kappa shape index (κ2) is 13.6. The summed E-state index contributed by atoms with van der Waals surface area (Å²) in [5.41, 5.74) is 3.37. The standard InChI is InChI=1S/C27H31ClN8O10S2/c1-27(2)20(24(38)36(27)46-48(41,42)43)33-23(37)19(18-21(28)47-26(29)32-18)34-45-17(25(39)40)12-44-15-4-5-16-14(8-15)6-7-35(3)22(16)31-11-13-9-30-10-13/h4-8,13,17,20,30H,9-12H2,1-3H3,(H5,29,32,33,37,39,40,41,42,43)/p+1/b34-19-/t17-,20+/m0/s1. The highest BCUT2D eigenvalue weighted by Crippen LogP contribution is 2.33. The number of thiazole rings is 1. The molecule has 2 amide bonds. The van der Waals surface area contributed by atoms with Gasteiger partial charge in [0, 0.05) is 19.0 Å². The van der Waals surface area contributed by atoms with Crippen molar-refractivity contribution in [3.05, 3.63) is 40.5 Å². The molecule has 258 valence electrons. The molecule has 0 radical (unpaired) electrons. The molecule has 18 nitrogen and oxygen atoms in total. The number of rotatable bonds is 14. The van der Waals surface area contributed by atoms with Crippen LogP contribution in [0.1, 0.15) is 19.5 Å². The second-order valence-electron chi connectivity index (χ2n) is 11.5. The molecule has 0 unspecified atom stereocenters. The van der Waals surface area contributed by atoms with Crippen LogP contribution in [0, 0.1) is 5.92 Å². The molecule has 2 fully saturated rings. The van der Waals surface area contributed by atoms with Gasteiger partial charge >= 0.3 is 16.4 Å². The molecule has 2 aliphatic heterocycles. The van der Waals surface area contributed by atoms with Crippen molar-refractivity contribution in [1.82, 2.24) is 20.7 Å². The summed E-state index contributed by atoms with van der Waals surface area (Å²) in [6, 6.07) is 5.81. The Morgan fingerprint density at radius 2 is 2.06 bits per heavy atom. The van der Waals surface area contributed by atoms with Crippen LogP contribution >= 0.6 is 22.9 Å². The van der Waals surface area contributed by atoms with Crippen LogP contribution in [-0.4, -0.2) is 95.5 Å². The fourth-order valence-corrected chi connectivity index (χ4v) is 6.29. The Morgan fingerprint density at radius 1 is 1.33 bits per heavy atom. The summed E-state index contributed by atoms with van der Waals surface area (Å²) in [5.74, 6) is -1.77. The van der Waals surface area contributed by atoms with Crippen LogP contribution in [0.5, 0.6) is 5.75 Å². The molecule has 2 aliphatic rings. The van der Waals surface area contributed by atoms with E-state index in [1.807, 2.05) is 29.9 Å². The van der Waals surface area contributed by atoms with Gasteiger partial charge in [-0.1, -0.05) is 28.1 Å². The number of halogens is 1. The molecule has 2 saturated heterocycles. The number of nitrogen functional groups attached to an aromatic ring is 1. The van der Waals surface area contributed by atoms with Crippen molar-refractivity contribution >= 4 is 78.6 Å². The number of carboxylic acid groups (broad SMARTS) is 1. The first kappa shape index (κ1) is 35.0. The Morgan fingerprint density at radius 3 is 2.65 bits per heavy atom. The number of carboxylic acids is 1. The van der Waals surface area contributed by atoms with Crippen LogP contribution < -0.4 is 31.0 Å². The van der Waals surface area contributed by atoms with Crippen LogP contribution in [0.25, 0.3) is 10.8 Å². The lowest BCUT2D eigenvalue weighted by Crippen LogP contribution is -2.76. The number of carbonyl (C=O) groups excluding carboxylic acids is 2. The fourth-order valence-electron chi connectivity index (χ4n) is 4.90. The molecule has 4 heterocycles. The van der Waals surface area contributed by atoms with E-state index in [0.29, 0.717) is 16.7 Å². The molecule has 2 atom stereocenters. The van der Waals surface area contributed by atoms with Crippen molar-refractivity contribution in [2.45, 2.75) is 31.5 Å². The maximum absolute atomic E-state index is 13.4. The van der Waals surface area contributed by atoms with Crippen molar-refractivity contribution in [3.63, 3.8) is 0 Å². The number of carbonyl (C=O) groups is 3. The number of anilines is 2. The number of nitrogens with zero attached hydrogens (tertiary/aromatic N) is 4. The molecule has 21 heteroatoms. The number of nitrogens with one attached hydrogen (secondary N) is 3. The lowest BCUT2D eigenvalue weighted by atomic mass is 9.84. The molecule has 1 aromatic carbocycles. The molecular formula is C27H32ClN8O10S2+. The fraction of sp³-hybridized carbons (Fsp3) is 0.407. The van der Waals surface area contributed by atoms with Gasteiger partial charge in [0.05, 0.1) is 30.7 Å². The molecule has 5 rings (SSSR count). The normalized spacial score (nSPS) is 18.5. The third-order valence-corrected chi connectivity index (χ3v) is 9.06. The summed E-state index contributed by atoms with van der Waals surface area (Å²) in [4.78, 5) is 47.2. The minimum absolute atomic E-state index is 0.0512. The van der Waals surface area contributed by atoms with Crippen LogP contribution in [-0.2, 0) is 41.0 Å². The first-order chi connectivity index (χ1) is 22.5. The van der Waals surface area contributed by atoms with E-state index in [0.717, 1.165) is 47.6 Å². The number of oxime groups is 1. The van der Waals surface area contributed by atoms with Gasteiger partial charge in [-0.3, -0.25) is 19.5 Å². The summed E-state index contributed by atoms with van der Waals surface area (Å²) >= 11 is 7.00. The van der Waals surface area contributed by atoms with Crippen LogP contribution in [0.15, 0.2) is 35.6 Å². The number of hydrogen-bond donors (Lipinski definition) is 6. The number of amides is 2. The van der Waals surface area contributed by atoms with Crippen LogP contribution in [0.2, 0.25) is 4.34 Å². The smallest absolute Gasteiger partial charge is 0.418 e. The van der Waals surface area contributed by atoms with E-state index < -0.39 is 58.2 Å².